The van der Waals surface area contributed by atoms with Crippen molar-refractivity contribution in [3.05, 3.63) is 65.5 Å². The summed E-state index contributed by atoms with van der Waals surface area (Å²) in [5.74, 6) is -1.87. The van der Waals surface area contributed by atoms with Gasteiger partial charge in [-0.2, -0.15) is 0 Å². The highest BCUT2D eigenvalue weighted by molar-refractivity contribution is 5.98. The highest BCUT2D eigenvalue weighted by Crippen LogP contribution is 2.09. The molecule has 0 aliphatic rings. The Bertz CT molecular complexity index is 871. The van der Waals surface area contributed by atoms with Gasteiger partial charge in [0.25, 0.3) is 5.91 Å². The second kappa shape index (κ2) is 11.7. The Morgan fingerprint density at radius 2 is 1.80 bits per heavy atom. The Kier molecular flexibility index (Phi) is 8.96. The first-order valence-electron chi connectivity index (χ1n) is 9.56. The van der Waals surface area contributed by atoms with E-state index in [1.807, 2.05) is 19.1 Å². The summed E-state index contributed by atoms with van der Waals surface area (Å²) in [5.41, 5.74) is 1.84. The molecular formula is C22H26FN3O4. The number of ether oxygens (including phenoxy) is 1. The van der Waals surface area contributed by atoms with Gasteiger partial charge in [-0.05, 0) is 43.7 Å². The van der Waals surface area contributed by atoms with Crippen LogP contribution in [-0.2, 0) is 14.3 Å². The average Bonchev–Trinajstić information content (AvgIpc) is 2.73. The van der Waals surface area contributed by atoms with Gasteiger partial charge in [0, 0.05) is 31.5 Å². The van der Waals surface area contributed by atoms with Crippen LogP contribution in [0.3, 0.4) is 0 Å². The molecule has 8 heteroatoms. The smallest absolute Gasteiger partial charge is 0.254 e. The van der Waals surface area contributed by atoms with E-state index in [9.17, 15) is 18.8 Å². The van der Waals surface area contributed by atoms with Crippen LogP contribution in [0.5, 0.6) is 0 Å². The number of carbonyl (C=O) groups excluding carboxylic acids is 3. The number of anilines is 1. The first kappa shape index (κ1) is 23.0. The van der Waals surface area contributed by atoms with Crippen molar-refractivity contribution in [2.45, 2.75) is 13.3 Å². The van der Waals surface area contributed by atoms with Gasteiger partial charge in [0.1, 0.15) is 5.82 Å². The van der Waals surface area contributed by atoms with Crippen molar-refractivity contribution in [1.29, 1.82) is 0 Å². The van der Waals surface area contributed by atoms with Crippen molar-refractivity contribution in [2.24, 2.45) is 0 Å². The van der Waals surface area contributed by atoms with Crippen LogP contribution in [0.4, 0.5) is 10.1 Å². The number of carbonyl (C=O) groups is 3. The molecule has 0 unspecified atom stereocenters. The van der Waals surface area contributed by atoms with Gasteiger partial charge in [-0.1, -0.05) is 23.8 Å². The molecule has 0 bridgehead atoms. The van der Waals surface area contributed by atoms with Gasteiger partial charge in [0.15, 0.2) is 0 Å². The van der Waals surface area contributed by atoms with E-state index in [1.54, 1.807) is 12.1 Å². The second-order valence-electron chi connectivity index (χ2n) is 6.77. The van der Waals surface area contributed by atoms with Gasteiger partial charge in [-0.3, -0.25) is 14.4 Å². The van der Waals surface area contributed by atoms with Gasteiger partial charge < -0.3 is 20.3 Å². The van der Waals surface area contributed by atoms with Gasteiger partial charge >= 0.3 is 0 Å². The molecule has 160 valence electrons. The summed E-state index contributed by atoms with van der Waals surface area (Å²) >= 11 is 0. The van der Waals surface area contributed by atoms with Gasteiger partial charge in [-0.15, -0.1) is 0 Å². The van der Waals surface area contributed by atoms with Crippen molar-refractivity contribution < 1.29 is 23.5 Å². The zero-order valence-electron chi connectivity index (χ0n) is 17.1. The molecule has 2 aromatic rings. The molecule has 30 heavy (non-hydrogen) atoms. The molecule has 0 saturated carbocycles. The number of halogens is 1. The molecule has 0 heterocycles. The van der Waals surface area contributed by atoms with Crippen molar-refractivity contribution in [3.8, 4) is 0 Å². The number of benzene rings is 2. The molecule has 0 atom stereocenters. The minimum atomic E-state index is -0.532. The molecule has 0 aliphatic carbocycles. The van der Waals surface area contributed by atoms with Gasteiger partial charge in [0.2, 0.25) is 11.8 Å². The summed E-state index contributed by atoms with van der Waals surface area (Å²) in [4.78, 5) is 38.3. The number of methoxy groups -OCH3 is 1. The summed E-state index contributed by atoms with van der Waals surface area (Å²) in [6.45, 7) is 2.12. The summed E-state index contributed by atoms with van der Waals surface area (Å²) in [6.07, 6.45) is 0.513. The topological polar surface area (TPSA) is 87.7 Å². The Morgan fingerprint density at radius 3 is 2.47 bits per heavy atom. The fraction of sp³-hybridized carbons (Fsp3) is 0.318. The van der Waals surface area contributed by atoms with Crippen molar-refractivity contribution >= 4 is 23.4 Å². The standard InChI is InChI=1S/C22H26FN3O4/c1-16-7-9-19(10-8-16)25-20(27)14-24-21(28)15-26(11-4-12-30-2)22(29)17-5-3-6-18(23)13-17/h3,5-10,13H,4,11-12,14-15H2,1-2H3,(H,24,28)(H,25,27). The van der Waals surface area contributed by atoms with Crippen LogP contribution in [0.15, 0.2) is 48.5 Å². The van der Waals surface area contributed by atoms with Crippen LogP contribution in [0.2, 0.25) is 0 Å². The van der Waals surface area contributed by atoms with Crippen LogP contribution >= 0.6 is 0 Å². The van der Waals surface area contributed by atoms with Crippen molar-refractivity contribution in [1.82, 2.24) is 10.2 Å². The molecule has 3 amide bonds. The minimum absolute atomic E-state index is 0.150. The van der Waals surface area contributed by atoms with E-state index in [1.165, 1.54) is 30.2 Å². The lowest BCUT2D eigenvalue weighted by molar-refractivity contribution is -0.124. The maximum Gasteiger partial charge on any atom is 0.254 e. The van der Waals surface area contributed by atoms with Crippen LogP contribution in [0, 0.1) is 12.7 Å². The predicted molar refractivity (Wildman–Crippen MR) is 112 cm³/mol. The minimum Gasteiger partial charge on any atom is -0.385 e. The molecular weight excluding hydrogens is 389 g/mol. The number of amides is 3. The van der Waals surface area contributed by atoms with Crippen LogP contribution in [0.1, 0.15) is 22.3 Å². The summed E-state index contributed by atoms with van der Waals surface area (Å²) in [6, 6.07) is 12.6. The Balaban J connectivity index is 1.91. The van der Waals surface area contributed by atoms with E-state index < -0.39 is 17.6 Å². The highest BCUT2D eigenvalue weighted by atomic mass is 19.1. The third-order valence-corrected chi connectivity index (χ3v) is 4.25. The summed E-state index contributed by atoms with van der Waals surface area (Å²) in [7, 11) is 1.54. The van der Waals surface area contributed by atoms with E-state index in [-0.39, 0.29) is 31.1 Å². The normalized spacial score (nSPS) is 10.4. The van der Waals surface area contributed by atoms with E-state index in [4.69, 9.17) is 4.74 Å². The maximum atomic E-state index is 13.5. The zero-order chi connectivity index (χ0) is 21.9. The molecule has 2 aromatic carbocycles. The maximum absolute atomic E-state index is 13.5. The number of aryl methyl sites for hydroxylation is 1. The zero-order valence-corrected chi connectivity index (χ0v) is 17.1. The van der Waals surface area contributed by atoms with E-state index in [2.05, 4.69) is 10.6 Å². The van der Waals surface area contributed by atoms with E-state index in [0.717, 1.165) is 11.6 Å². The number of nitrogens with zero attached hydrogens (tertiary/aromatic N) is 1. The third kappa shape index (κ3) is 7.63. The predicted octanol–water partition coefficient (Wildman–Crippen LogP) is 2.37. The lowest BCUT2D eigenvalue weighted by Gasteiger charge is -2.22. The molecule has 2 rings (SSSR count). The number of hydrogen-bond acceptors (Lipinski definition) is 4. The quantitative estimate of drug-likeness (QED) is 0.583. The Hall–Kier alpha value is -3.26. The molecule has 0 aromatic heterocycles. The largest absolute Gasteiger partial charge is 0.385 e. The number of nitrogens with one attached hydrogen (secondary N) is 2. The van der Waals surface area contributed by atoms with Gasteiger partial charge in [0.05, 0.1) is 13.1 Å². The Morgan fingerprint density at radius 1 is 1.07 bits per heavy atom. The molecule has 0 radical (unpaired) electrons. The molecule has 2 N–H and O–H groups in total. The van der Waals surface area contributed by atoms with Crippen LogP contribution in [0.25, 0.3) is 0 Å². The van der Waals surface area contributed by atoms with Crippen LogP contribution < -0.4 is 10.6 Å². The molecule has 0 fully saturated rings. The molecule has 7 nitrogen and oxygen atoms in total. The van der Waals surface area contributed by atoms with E-state index in [0.29, 0.717) is 18.7 Å². The highest BCUT2D eigenvalue weighted by Gasteiger charge is 2.19. The third-order valence-electron chi connectivity index (χ3n) is 4.25. The van der Waals surface area contributed by atoms with Crippen molar-refractivity contribution in [2.75, 3.05) is 38.7 Å². The average molecular weight is 415 g/mol. The lowest BCUT2D eigenvalue weighted by Crippen LogP contribution is -2.43. The van der Waals surface area contributed by atoms with Crippen LogP contribution in [-0.4, -0.2) is 56.0 Å². The first-order chi connectivity index (χ1) is 14.4. The summed E-state index contributed by atoms with van der Waals surface area (Å²) < 4.78 is 18.4. The molecule has 0 spiro atoms. The number of rotatable bonds is 10. The van der Waals surface area contributed by atoms with Crippen molar-refractivity contribution in [3.63, 3.8) is 0 Å². The summed E-state index contributed by atoms with van der Waals surface area (Å²) in [5, 5.41) is 5.18. The van der Waals surface area contributed by atoms with E-state index >= 15 is 0 Å². The molecule has 0 saturated heterocycles. The fourth-order valence-electron chi connectivity index (χ4n) is 2.71. The second-order valence-corrected chi connectivity index (χ2v) is 6.77. The molecule has 0 aliphatic heterocycles. The Labute approximate surface area is 175 Å². The van der Waals surface area contributed by atoms with Gasteiger partial charge in [-0.25, -0.2) is 4.39 Å². The monoisotopic (exact) mass is 415 g/mol. The SMILES string of the molecule is COCCCN(CC(=O)NCC(=O)Nc1ccc(C)cc1)C(=O)c1cccc(F)c1. The fourth-order valence-corrected chi connectivity index (χ4v) is 2.71. The lowest BCUT2D eigenvalue weighted by atomic mass is 10.2. The first-order valence-corrected chi connectivity index (χ1v) is 9.56. The number of hydrogen-bond donors (Lipinski definition) is 2.